The normalized spacial score (nSPS) is 9.00. The molecule has 3 heteroatoms. The summed E-state index contributed by atoms with van der Waals surface area (Å²) in [5, 5.41) is 1.84. The van der Waals surface area contributed by atoms with E-state index in [0.717, 1.165) is 5.69 Å². The highest BCUT2D eigenvalue weighted by atomic mass is 32.1. The molecule has 0 aliphatic heterocycles. The lowest BCUT2D eigenvalue weighted by Gasteiger charge is -1.75. The predicted octanol–water partition coefficient (Wildman–Crippen LogP) is 0.795. The van der Waals surface area contributed by atoms with E-state index in [-0.39, 0.29) is 0 Å². The topological polar surface area (TPSA) is 30.0 Å². The molecule has 8 heavy (non-hydrogen) atoms. The van der Waals surface area contributed by atoms with E-state index in [0.29, 0.717) is 6.42 Å². The quantitative estimate of drug-likeness (QED) is 0.586. The largest absolute Gasteiger partial charge is 0.290 e. The molecule has 0 aliphatic carbocycles. The van der Waals surface area contributed by atoms with Gasteiger partial charge in [-0.2, -0.15) is 0 Å². The maximum atomic E-state index is 9.71. The molecule has 1 aromatic rings. The van der Waals surface area contributed by atoms with E-state index in [1.54, 1.807) is 11.8 Å². The van der Waals surface area contributed by atoms with Crippen LogP contribution in [-0.2, 0) is 11.2 Å². The molecule has 0 N–H and O–H groups in total. The molecular weight excluding hydrogens is 122 g/mol. The zero-order valence-electron chi connectivity index (χ0n) is 4.13. The summed E-state index contributed by atoms with van der Waals surface area (Å²) < 4.78 is 0. The van der Waals surface area contributed by atoms with Gasteiger partial charge >= 0.3 is 0 Å². The van der Waals surface area contributed by atoms with Crippen molar-refractivity contribution in [1.29, 1.82) is 0 Å². The van der Waals surface area contributed by atoms with Gasteiger partial charge in [-0.1, -0.05) is 0 Å². The van der Waals surface area contributed by atoms with Crippen LogP contribution in [0.2, 0.25) is 0 Å². The number of carbonyl (C=O) groups excluding carboxylic acids is 1. The molecule has 2 nitrogen and oxygen atoms in total. The fraction of sp³-hybridized carbons (Fsp3) is 0.200. The van der Waals surface area contributed by atoms with Gasteiger partial charge in [0.05, 0.1) is 17.6 Å². The van der Waals surface area contributed by atoms with Crippen LogP contribution in [0.1, 0.15) is 5.69 Å². The van der Waals surface area contributed by atoms with Gasteiger partial charge in [-0.3, -0.25) is 4.79 Å². The van der Waals surface area contributed by atoms with Crippen molar-refractivity contribution >= 4 is 17.6 Å². The van der Waals surface area contributed by atoms with Crippen LogP contribution < -0.4 is 0 Å². The molecule has 1 aromatic heterocycles. The Morgan fingerprint density at radius 3 is 3.25 bits per heavy atom. The average molecular weight is 126 g/mol. The Balaban J connectivity index is 2.62. The highest BCUT2D eigenvalue weighted by Crippen LogP contribution is 1.98. The van der Waals surface area contributed by atoms with Crippen LogP contribution in [0.3, 0.4) is 0 Å². The second kappa shape index (κ2) is 2.57. The van der Waals surface area contributed by atoms with Gasteiger partial charge in [0, 0.05) is 5.38 Å². The molecule has 0 spiro atoms. The summed E-state index contributed by atoms with van der Waals surface area (Å²) in [7, 11) is 0. The van der Waals surface area contributed by atoms with Gasteiger partial charge in [-0.25, -0.2) is 4.98 Å². The van der Waals surface area contributed by atoms with Crippen LogP contribution >= 0.6 is 11.3 Å². The van der Waals surface area contributed by atoms with Gasteiger partial charge in [-0.05, 0) is 0 Å². The molecule has 0 aliphatic rings. The van der Waals surface area contributed by atoms with Gasteiger partial charge in [0.15, 0.2) is 0 Å². The lowest BCUT2D eigenvalue weighted by Crippen LogP contribution is -1.82. The minimum absolute atomic E-state index is 0.323. The Morgan fingerprint density at radius 2 is 2.75 bits per heavy atom. The van der Waals surface area contributed by atoms with E-state index in [2.05, 4.69) is 4.98 Å². The number of aromatic nitrogens is 1. The zero-order valence-corrected chi connectivity index (χ0v) is 4.94. The number of nitrogens with zero attached hydrogens (tertiary/aromatic N) is 1. The van der Waals surface area contributed by atoms with E-state index in [9.17, 15) is 4.79 Å². The summed E-state index contributed by atoms with van der Waals surface area (Å²) in [5.74, 6) is 0. The van der Waals surface area contributed by atoms with Crippen LogP contribution in [0.4, 0.5) is 0 Å². The first-order valence-corrected chi connectivity index (χ1v) is 3.10. The van der Waals surface area contributed by atoms with E-state index in [1.165, 1.54) is 11.3 Å². The van der Waals surface area contributed by atoms with Crippen molar-refractivity contribution in [3.05, 3.63) is 16.6 Å². The van der Waals surface area contributed by atoms with Crippen molar-refractivity contribution in [2.75, 3.05) is 0 Å². The second-order valence-electron chi connectivity index (χ2n) is 1.30. The number of hydrogen-bond acceptors (Lipinski definition) is 3. The van der Waals surface area contributed by atoms with Gasteiger partial charge in [-0.15, -0.1) is 11.3 Å². The predicted molar refractivity (Wildman–Crippen MR) is 31.5 cm³/mol. The molecule has 0 fully saturated rings. The zero-order chi connectivity index (χ0) is 5.82. The Labute approximate surface area is 51.2 Å². The van der Waals surface area contributed by atoms with Crippen LogP contribution in [-0.4, -0.2) is 11.3 Å². The third-order valence-electron chi connectivity index (χ3n) is 0.737. The standard InChI is InChI=1S/C5H4NOS/c7-2-1-5-3-8-4-6-5/h3-4H,1H2. The summed E-state index contributed by atoms with van der Waals surface area (Å²) in [6, 6.07) is 0. The SMILES string of the molecule is O=[C]Cc1cscn1. The number of rotatable bonds is 2. The second-order valence-corrected chi connectivity index (χ2v) is 2.02. The molecule has 0 saturated carbocycles. The van der Waals surface area contributed by atoms with Crippen LogP contribution in [0, 0.1) is 0 Å². The summed E-state index contributed by atoms with van der Waals surface area (Å²) >= 11 is 1.49. The van der Waals surface area contributed by atoms with Crippen LogP contribution in [0.25, 0.3) is 0 Å². The Hall–Kier alpha value is -0.700. The summed E-state index contributed by atoms with van der Waals surface area (Å²) in [5.41, 5.74) is 2.51. The fourth-order valence-electron chi connectivity index (χ4n) is 0.399. The minimum Gasteiger partial charge on any atom is -0.290 e. The first-order chi connectivity index (χ1) is 3.93. The van der Waals surface area contributed by atoms with Crippen molar-refractivity contribution < 1.29 is 4.79 Å². The molecule has 0 unspecified atom stereocenters. The molecule has 1 rings (SSSR count). The maximum absolute atomic E-state index is 9.71. The molecule has 0 atom stereocenters. The molecule has 0 amide bonds. The Bertz CT molecular complexity index is 159. The molecule has 1 heterocycles. The van der Waals surface area contributed by atoms with Crippen molar-refractivity contribution in [2.45, 2.75) is 6.42 Å². The molecule has 0 aromatic carbocycles. The molecule has 0 saturated heterocycles. The monoisotopic (exact) mass is 126 g/mol. The van der Waals surface area contributed by atoms with Crippen molar-refractivity contribution in [3.63, 3.8) is 0 Å². The van der Waals surface area contributed by atoms with Crippen molar-refractivity contribution in [3.8, 4) is 0 Å². The van der Waals surface area contributed by atoms with Gasteiger partial charge in [0.25, 0.3) is 0 Å². The summed E-state index contributed by atoms with van der Waals surface area (Å²) in [4.78, 5) is 13.6. The van der Waals surface area contributed by atoms with Crippen molar-refractivity contribution in [2.24, 2.45) is 0 Å². The molecule has 1 radical (unpaired) electrons. The van der Waals surface area contributed by atoms with Gasteiger partial charge in [0.2, 0.25) is 6.29 Å². The Morgan fingerprint density at radius 1 is 1.88 bits per heavy atom. The average Bonchev–Trinajstić information content (AvgIpc) is 2.19. The molecule has 0 bridgehead atoms. The third-order valence-corrected chi connectivity index (χ3v) is 1.37. The highest BCUT2D eigenvalue weighted by Gasteiger charge is 1.89. The van der Waals surface area contributed by atoms with Crippen molar-refractivity contribution in [1.82, 2.24) is 4.98 Å². The van der Waals surface area contributed by atoms with E-state index in [1.807, 2.05) is 5.38 Å². The first-order valence-electron chi connectivity index (χ1n) is 2.15. The summed E-state index contributed by atoms with van der Waals surface area (Å²) in [6.07, 6.45) is 2.09. The van der Waals surface area contributed by atoms with Gasteiger partial charge < -0.3 is 0 Å². The number of hydrogen-bond donors (Lipinski definition) is 0. The fourth-order valence-corrected chi connectivity index (χ4v) is 0.957. The smallest absolute Gasteiger partial charge is 0.204 e. The lowest BCUT2D eigenvalue weighted by molar-refractivity contribution is 0.554. The van der Waals surface area contributed by atoms with E-state index < -0.39 is 0 Å². The lowest BCUT2D eigenvalue weighted by atomic mass is 10.4. The minimum atomic E-state index is 0.323. The molecular formula is C5H4NOS. The van der Waals surface area contributed by atoms with Gasteiger partial charge in [0.1, 0.15) is 0 Å². The van der Waals surface area contributed by atoms with E-state index >= 15 is 0 Å². The van der Waals surface area contributed by atoms with Crippen LogP contribution in [0.5, 0.6) is 0 Å². The van der Waals surface area contributed by atoms with Crippen LogP contribution in [0.15, 0.2) is 10.9 Å². The maximum Gasteiger partial charge on any atom is 0.204 e. The number of thiazole rings is 1. The third kappa shape index (κ3) is 1.13. The highest BCUT2D eigenvalue weighted by molar-refractivity contribution is 7.07. The first kappa shape index (κ1) is 5.44. The summed E-state index contributed by atoms with van der Waals surface area (Å²) in [6.45, 7) is 0. The molecule has 41 valence electrons. The Kier molecular flexibility index (Phi) is 1.75. The van der Waals surface area contributed by atoms with E-state index in [4.69, 9.17) is 0 Å².